The van der Waals surface area contributed by atoms with Crippen LogP contribution in [-0.4, -0.2) is 48.0 Å². The third kappa shape index (κ3) is 5.51. The molecule has 0 saturated heterocycles. The number of ether oxygens (including phenoxy) is 2. The van der Waals surface area contributed by atoms with E-state index < -0.39 is 62.8 Å². The number of amides is 1. The summed E-state index contributed by atoms with van der Waals surface area (Å²) >= 11 is 0. The minimum atomic E-state index is -5.34. The van der Waals surface area contributed by atoms with Crippen LogP contribution >= 0.6 is 0 Å². The van der Waals surface area contributed by atoms with Gasteiger partial charge in [0.1, 0.15) is 11.6 Å². The first kappa shape index (κ1) is 23.4. The van der Waals surface area contributed by atoms with E-state index in [4.69, 9.17) is 5.48 Å². The number of halogens is 4. The fraction of sp³-hybridized carbons (Fsp3) is 0.286. The Balaban J connectivity index is 1.25. The largest absolute Gasteiger partial charge is 0.433 e. The standard InChI is InChI=1S/C28H22F4N4O5S/c29-19-7-16(8-24-18(19)12-40-13-25(30)42(24,38)39)27(37)34-11-17-9-22-15(10-33-17)3-4-20(35-22)21-5-6-23(41-28(31)32)26(36-21)14-1-2-14/h3-10,14,25,28H,1-2,11-13H2,(H,34,37)/t25-/m1/s1/i12D2,13D2. The normalized spacial score (nSPS) is 21.8. The molecule has 1 N–H and O–H groups in total. The number of pyridine rings is 3. The predicted molar refractivity (Wildman–Crippen MR) is 141 cm³/mol. The van der Waals surface area contributed by atoms with Crippen LogP contribution < -0.4 is 10.1 Å². The summed E-state index contributed by atoms with van der Waals surface area (Å²) in [4.78, 5) is 25.0. The molecule has 4 heterocycles. The molecule has 0 radical (unpaired) electrons. The maximum absolute atomic E-state index is 15.1. The molecule has 1 fully saturated rings. The van der Waals surface area contributed by atoms with Gasteiger partial charge >= 0.3 is 6.61 Å². The van der Waals surface area contributed by atoms with E-state index in [1.54, 1.807) is 18.2 Å². The number of nitrogens with one attached hydrogen (secondary N) is 1. The molecule has 42 heavy (non-hydrogen) atoms. The summed E-state index contributed by atoms with van der Waals surface area (Å²) in [7, 11) is -5.34. The van der Waals surface area contributed by atoms with E-state index in [-0.39, 0.29) is 23.9 Å². The minimum Gasteiger partial charge on any atom is -0.433 e. The predicted octanol–water partition coefficient (Wildman–Crippen LogP) is 4.84. The highest BCUT2D eigenvalue weighted by atomic mass is 32.2. The Morgan fingerprint density at radius 3 is 2.67 bits per heavy atom. The van der Waals surface area contributed by atoms with Gasteiger partial charge in [-0.3, -0.25) is 9.78 Å². The molecule has 6 rings (SSSR count). The molecule has 0 unspecified atom stereocenters. The van der Waals surface area contributed by atoms with Crippen LogP contribution in [0.1, 0.15) is 51.6 Å². The lowest BCUT2D eigenvalue weighted by Crippen LogP contribution is -2.25. The fourth-order valence-corrected chi connectivity index (χ4v) is 5.47. The molecule has 14 heteroatoms. The number of hydrogen-bond acceptors (Lipinski definition) is 8. The number of fused-ring (bicyclic) bond motifs is 2. The van der Waals surface area contributed by atoms with Gasteiger partial charge in [-0.2, -0.15) is 8.78 Å². The zero-order chi connectivity index (χ0) is 33.2. The minimum absolute atomic E-state index is 0.00803. The second-order valence-corrected chi connectivity index (χ2v) is 11.4. The molecular weight excluding hydrogens is 580 g/mol. The van der Waals surface area contributed by atoms with Gasteiger partial charge in [-0.25, -0.2) is 27.2 Å². The van der Waals surface area contributed by atoms with Gasteiger partial charge in [-0.05, 0) is 55.3 Å². The lowest BCUT2D eigenvalue weighted by molar-refractivity contribution is -0.0507. The van der Waals surface area contributed by atoms with Crippen LogP contribution in [0.2, 0.25) is 0 Å². The van der Waals surface area contributed by atoms with Crippen LogP contribution in [0.3, 0.4) is 0 Å². The number of alkyl halides is 3. The molecule has 1 saturated carbocycles. The van der Waals surface area contributed by atoms with Gasteiger partial charge in [-0.15, -0.1) is 0 Å². The molecule has 9 nitrogen and oxygen atoms in total. The zero-order valence-corrected chi connectivity index (χ0v) is 22.1. The summed E-state index contributed by atoms with van der Waals surface area (Å²) in [6.45, 7) is -10.3. The van der Waals surface area contributed by atoms with Crippen LogP contribution in [0, 0.1) is 5.82 Å². The van der Waals surface area contributed by atoms with E-state index >= 15 is 4.39 Å². The molecule has 0 spiro atoms. The van der Waals surface area contributed by atoms with Crippen molar-refractivity contribution in [2.24, 2.45) is 0 Å². The molecule has 1 aromatic carbocycles. The van der Waals surface area contributed by atoms with Crippen LogP contribution in [0.15, 0.2) is 53.6 Å². The van der Waals surface area contributed by atoms with Crippen molar-refractivity contribution in [1.82, 2.24) is 20.3 Å². The Morgan fingerprint density at radius 1 is 1.14 bits per heavy atom. The number of hydrogen-bond donors (Lipinski definition) is 1. The van der Waals surface area contributed by atoms with E-state index in [2.05, 4.69) is 29.7 Å². The van der Waals surface area contributed by atoms with E-state index in [1.807, 2.05) is 0 Å². The summed E-state index contributed by atoms with van der Waals surface area (Å²) < 4.78 is 121. The van der Waals surface area contributed by atoms with E-state index in [0.717, 1.165) is 12.8 Å². The second-order valence-electron chi connectivity index (χ2n) is 9.49. The van der Waals surface area contributed by atoms with Crippen molar-refractivity contribution in [3.63, 3.8) is 0 Å². The highest BCUT2D eigenvalue weighted by molar-refractivity contribution is 7.92. The number of sulfone groups is 1. The number of carbonyl (C=O) groups excluding carboxylic acids is 1. The Labute approximate surface area is 242 Å². The van der Waals surface area contributed by atoms with Crippen molar-refractivity contribution >= 4 is 26.6 Å². The monoisotopic (exact) mass is 606 g/mol. The van der Waals surface area contributed by atoms with Crippen molar-refractivity contribution in [1.29, 1.82) is 0 Å². The van der Waals surface area contributed by atoms with Crippen LogP contribution in [-0.2, 0) is 27.7 Å². The van der Waals surface area contributed by atoms with Crippen LogP contribution in [0.5, 0.6) is 5.75 Å². The maximum atomic E-state index is 15.1. The van der Waals surface area contributed by atoms with Gasteiger partial charge < -0.3 is 14.8 Å². The van der Waals surface area contributed by atoms with Crippen molar-refractivity contribution in [2.45, 2.75) is 48.9 Å². The quantitative estimate of drug-likeness (QED) is 0.297. The lowest BCUT2D eigenvalue weighted by Gasteiger charge is -2.12. The van der Waals surface area contributed by atoms with Gasteiger partial charge in [-0.1, -0.05) is 0 Å². The number of benzene rings is 1. The first-order valence-electron chi connectivity index (χ1n) is 14.5. The molecule has 1 atom stereocenters. The second kappa shape index (κ2) is 10.9. The summed E-state index contributed by atoms with van der Waals surface area (Å²) in [6, 6.07) is 8.96. The first-order chi connectivity index (χ1) is 21.6. The number of carbonyl (C=O) groups is 1. The smallest absolute Gasteiger partial charge is 0.387 e. The zero-order valence-electron chi connectivity index (χ0n) is 25.3. The highest BCUT2D eigenvalue weighted by Gasteiger charge is 2.35. The van der Waals surface area contributed by atoms with E-state index in [0.29, 0.717) is 40.1 Å². The van der Waals surface area contributed by atoms with Crippen molar-refractivity contribution < 1.29 is 45.7 Å². The lowest BCUT2D eigenvalue weighted by atomic mass is 10.1. The third-order valence-electron chi connectivity index (χ3n) is 6.59. The maximum Gasteiger partial charge on any atom is 0.387 e. The molecule has 1 aliphatic carbocycles. The van der Waals surface area contributed by atoms with E-state index in [9.17, 15) is 26.4 Å². The van der Waals surface area contributed by atoms with Gasteiger partial charge in [0.25, 0.3) is 5.91 Å². The number of nitrogens with zero attached hydrogens (tertiary/aromatic N) is 3. The first-order valence-corrected chi connectivity index (χ1v) is 14.0. The molecule has 1 aliphatic heterocycles. The molecular formula is C28H22F4N4O5S. The highest BCUT2D eigenvalue weighted by Crippen LogP contribution is 2.44. The topological polar surface area (TPSA) is 120 Å². The van der Waals surface area contributed by atoms with Crippen molar-refractivity contribution in [2.75, 3.05) is 6.56 Å². The Kier molecular flexibility index (Phi) is 6.08. The Hall–Kier alpha value is -4.17. The van der Waals surface area contributed by atoms with Crippen LogP contribution in [0.4, 0.5) is 17.6 Å². The third-order valence-corrected chi connectivity index (χ3v) is 8.16. The van der Waals surface area contributed by atoms with Crippen molar-refractivity contribution in [3.05, 3.63) is 77.0 Å². The molecule has 218 valence electrons. The van der Waals surface area contributed by atoms with Gasteiger partial charge in [0.2, 0.25) is 15.3 Å². The summed E-state index contributed by atoms with van der Waals surface area (Å²) in [6.07, 6.45) is 3.07. The van der Waals surface area contributed by atoms with Crippen LogP contribution in [0.25, 0.3) is 22.3 Å². The van der Waals surface area contributed by atoms with Gasteiger partial charge in [0, 0.05) is 28.6 Å². The summed E-state index contributed by atoms with van der Waals surface area (Å²) in [5, 5.41) is 3.05. The summed E-state index contributed by atoms with van der Waals surface area (Å²) in [5.41, 5.74) is -3.29. The molecule has 0 bridgehead atoms. The molecule has 1 amide bonds. The number of rotatable bonds is 7. The molecule has 4 aromatic rings. The average Bonchev–Trinajstić information content (AvgIpc) is 3.83. The molecule has 3 aromatic heterocycles. The van der Waals surface area contributed by atoms with E-state index in [1.165, 1.54) is 18.3 Å². The van der Waals surface area contributed by atoms with Crippen molar-refractivity contribution in [3.8, 4) is 17.1 Å². The van der Waals surface area contributed by atoms with Gasteiger partial charge in [0.15, 0.2) is 0 Å². The van der Waals surface area contributed by atoms with Gasteiger partial charge in [0.05, 0.1) is 58.3 Å². The average molecular weight is 607 g/mol. The Bertz CT molecular complexity index is 2000. The fourth-order valence-electron chi connectivity index (χ4n) is 4.36. The Morgan fingerprint density at radius 2 is 1.90 bits per heavy atom. The number of aromatic nitrogens is 3. The SMILES string of the molecule is [2H]C1([2H])OC([2H])([2H])[C@H](F)S(=O)(=O)c2cc(C(=O)NCc3cc4nc(-c5ccc(OC(F)F)c(C6CC6)n5)ccc4cn3)cc(F)c21. The molecule has 2 aliphatic rings. The summed E-state index contributed by atoms with van der Waals surface area (Å²) in [5.74, 6) is -2.56.